The van der Waals surface area contributed by atoms with Crippen molar-refractivity contribution in [2.24, 2.45) is 11.7 Å². The van der Waals surface area contributed by atoms with Crippen molar-refractivity contribution in [2.45, 2.75) is 21.6 Å². The number of carbonyl (C=O) groups is 2. The van der Waals surface area contributed by atoms with Crippen molar-refractivity contribution >= 4 is 31.5 Å². The molecule has 0 aromatic heterocycles. The summed E-state index contributed by atoms with van der Waals surface area (Å²) < 4.78 is 47.1. The molecule has 2 amide bonds. The van der Waals surface area contributed by atoms with Crippen molar-refractivity contribution in [1.82, 2.24) is 5.48 Å². The number of nitrogens with two attached hydrogens (primary N) is 1. The molecule has 0 spiro atoms. The minimum absolute atomic E-state index is 0.120. The van der Waals surface area contributed by atoms with Gasteiger partial charge in [0.2, 0.25) is 15.7 Å². The number of benzene rings is 1. The van der Waals surface area contributed by atoms with Gasteiger partial charge in [-0.3, -0.25) is 14.8 Å². The topological polar surface area (TPSA) is 181 Å². The Bertz CT molecular complexity index is 830. The molecule has 5 N–H and O–H groups in total. The first-order chi connectivity index (χ1) is 10.9. The van der Waals surface area contributed by atoms with Crippen molar-refractivity contribution in [3.05, 3.63) is 24.3 Å². The van der Waals surface area contributed by atoms with Gasteiger partial charge in [-0.15, -0.1) is 0 Å². The zero-order valence-electron chi connectivity index (χ0n) is 12.4. The van der Waals surface area contributed by atoms with E-state index in [0.717, 1.165) is 36.0 Å². The summed E-state index contributed by atoms with van der Waals surface area (Å²) in [6.07, 6.45) is 0.0637. The predicted octanol–water partition coefficient (Wildman–Crippen LogP) is -1.82. The number of nitrogens with one attached hydrogen (secondary N) is 1. The summed E-state index contributed by atoms with van der Waals surface area (Å²) >= 11 is 0. The van der Waals surface area contributed by atoms with Gasteiger partial charge in [-0.1, -0.05) is 0 Å². The van der Waals surface area contributed by atoms with E-state index in [4.69, 9.17) is 10.9 Å². The summed E-state index contributed by atoms with van der Waals surface area (Å²) in [4.78, 5) is 21.9. The molecule has 2 atom stereocenters. The normalized spacial score (nSPS) is 14.6. The fourth-order valence-electron chi connectivity index (χ4n) is 1.79. The first kappa shape index (κ1) is 20.0. The lowest BCUT2D eigenvalue weighted by Gasteiger charge is -2.16. The second-order valence-electron chi connectivity index (χ2n) is 4.91. The van der Waals surface area contributed by atoms with E-state index in [1.165, 1.54) is 0 Å². The SMILES string of the molecule is CS(=O)(=O)c1ccc(S(=O)(=O)C(O)CC(C(N)=O)C(=O)NO)cc1. The van der Waals surface area contributed by atoms with Gasteiger partial charge in [-0.05, 0) is 24.3 Å². The largest absolute Gasteiger partial charge is 0.377 e. The minimum atomic E-state index is -4.38. The third-order valence-corrected chi connectivity index (χ3v) is 6.11. The molecule has 0 radical (unpaired) electrons. The van der Waals surface area contributed by atoms with Crippen molar-refractivity contribution < 1.29 is 36.7 Å². The Morgan fingerprint density at radius 2 is 1.58 bits per heavy atom. The van der Waals surface area contributed by atoms with E-state index in [2.05, 4.69) is 0 Å². The lowest BCUT2D eigenvalue weighted by molar-refractivity contribution is -0.140. The van der Waals surface area contributed by atoms with Gasteiger partial charge in [-0.2, -0.15) is 0 Å². The molecule has 1 rings (SSSR count). The number of primary amides is 1. The van der Waals surface area contributed by atoms with Gasteiger partial charge in [-0.25, -0.2) is 22.3 Å². The molecule has 0 fully saturated rings. The number of aliphatic hydroxyl groups is 1. The molecular formula is C12H16N2O8S2. The standard InChI is InChI=1S/C12H16N2O8S2/c1-23(19,20)7-2-4-8(5-3-7)24(21,22)10(15)6-9(11(13)16)12(17)14-18/h2-5,9-10,15,18H,6H2,1H3,(H2,13,16)(H,14,17). The monoisotopic (exact) mass is 380 g/mol. The summed E-state index contributed by atoms with van der Waals surface area (Å²) in [7, 11) is -7.91. The average Bonchev–Trinajstić information content (AvgIpc) is 2.50. The highest BCUT2D eigenvalue weighted by Crippen LogP contribution is 2.21. The molecule has 2 unspecified atom stereocenters. The van der Waals surface area contributed by atoms with Crippen LogP contribution in [0.15, 0.2) is 34.1 Å². The first-order valence-electron chi connectivity index (χ1n) is 6.36. The third kappa shape index (κ3) is 4.50. The van der Waals surface area contributed by atoms with Gasteiger partial charge in [0.1, 0.15) is 5.92 Å². The number of amides is 2. The molecule has 0 saturated carbocycles. The van der Waals surface area contributed by atoms with E-state index >= 15 is 0 Å². The van der Waals surface area contributed by atoms with Gasteiger partial charge >= 0.3 is 0 Å². The zero-order valence-corrected chi connectivity index (χ0v) is 14.0. The van der Waals surface area contributed by atoms with Crippen LogP contribution in [-0.4, -0.2) is 50.7 Å². The molecule has 0 aliphatic carbocycles. The summed E-state index contributed by atoms with van der Waals surface area (Å²) in [6.45, 7) is 0. The van der Waals surface area contributed by atoms with Gasteiger partial charge < -0.3 is 10.8 Å². The Morgan fingerprint density at radius 3 is 1.96 bits per heavy atom. The Morgan fingerprint density at radius 1 is 1.12 bits per heavy atom. The lowest BCUT2D eigenvalue weighted by Crippen LogP contribution is -2.40. The Balaban J connectivity index is 3.10. The molecule has 24 heavy (non-hydrogen) atoms. The number of carbonyl (C=O) groups excluding carboxylic acids is 2. The lowest BCUT2D eigenvalue weighted by atomic mass is 10.1. The van der Waals surface area contributed by atoms with Crippen molar-refractivity contribution in [3.8, 4) is 0 Å². The number of hydrogen-bond donors (Lipinski definition) is 4. The number of hydrogen-bond acceptors (Lipinski definition) is 8. The highest BCUT2D eigenvalue weighted by atomic mass is 32.2. The zero-order chi connectivity index (χ0) is 18.7. The van der Waals surface area contributed by atoms with Crippen LogP contribution < -0.4 is 11.2 Å². The maximum atomic E-state index is 12.2. The molecule has 1 aromatic carbocycles. The molecule has 1 aromatic rings. The van der Waals surface area contributed by atoms with E-state index in [1.54, 1.807) is 0 Å². The summed E-state index contributed by atoms with van der Waals surface area (Å²) in [5, 5.41) is 18.3. The molecule has 0 saturated heterocycles. The minimum Gasteiger partial charge on any atom is -0.377 e. The summed E-state index contributed by atoms with van der Waals surface area (Å²) in [5.74, 6) is -4.26. The third-order valence-electron chi connectivity index (χ3n) is 3.15. The highest BCUT2D eigenvalue weighted by molar-refractivity contribution is 7.92. The van der Waals surface area contributed by atoms with Crippen LogP contribution in [0.25, 0.3) is 0 Å². The molecule has 0 heterocycles. The van der Waals surface area contributed by atoms with Crippen molar-refractivity contribution in [1.29, 1.82) is 0 Å². The van der Waals surface area contributed by atoms with Crippen LogP contribution in [0.1, 0.15) is 6.42 Å². The van der Waals surface area contributed by atoms with E-state index in [0.29, 0.717) is 0 Å². The average molecular weight is 380 g/mol. The van der Waals surface area contributed by atoms with Crippen LogP contribution in [0, 0.1) is 5.92 Å². The van der Waals surface area contributed by atoms with Gasteiger partial charge in [0, 0.05) is 12.7 Å². The van der Waals surface area contributed by atoms with Gasteiger partial charge in [0.15, 0.2) is 15.3 Å². The highest BCUT2D eigenvalue weighted by Gasteiger charge is 2.34. The van der Waals surface area contributed by atoms with Gasteiger partial charge in [0.25, 0.3) is 5.91 Å². The molecule has 12 heteroatoms. The molecule has 0 bridgehead atoms. The van der Waals surface area contributed by atoms with E-state index in [-0.39, 0.29) is 4.90 Å². The Kier molecular flexibility index (Phi) is 6.05. The predicted molar refractivity (Wildman–Crippen MR) is 80.0 cm³/mol. The van der Waals surface area contributed by atoms with Crippen LogP contribution in [-0.2, 0) is 29.3 Å². The van der Waals surface area contributed by atoms with E-state index in [1.807, 2.05) is 0 Å². The number of sulfone groups is 2. The fourth-order valence-corrected chi connectivity index (χ4v) is 3.70. The van der Waals surface area contributed by atoms with Crippen molar-refractivity contribution in [3.63, 3.8) is 0 Å². The van der Waals surface area contributed by atoms with Crippen LogP contribution in [0.2, 0.25) is 0 Å². The molecule has 134 valence electrons. The van der Waals surface area contributed by atoms with Crippen molar-refractivity contribution in [2.75, 3.05) is 6.26 Å². The van der Waals surface area contributed by atoms with Gasteiger partial charge in [0.05, 0.1) is 9.79 Å². The molecule has 10 nitrogen and oxygen atoms in total. The van der Waals surface area contributed by atoms with Crippen LogP contribution in [0.3, 0.4) is 0 Å². The maximum Gasteiger partial charge on any atom is 0.256 e. The quantitative estimate of drug-likeness (QED) is 0.242. The second kappa shape index (κ2) is 7.25. The smallest absolute Gasteiger partial charge is 0.256 e. The molecule has 0 aliphatic rings. The summed E-state index contributed by atoms with van der Waals surface area (Å²) in [6, 6.07) is 4.03. The second-order valence-corrected chi connectivity index (χ2v) is 9.03. The Labute approximate surface area is 138 Å². The van der Waals surface area contributed by atoms with Crippen LogP contribution in [0.5, 0.6) is 0 Å². The summed E-state index contributed by atoms with van der Waals surface area (Å²) in [5.41, 5.74) is 3.91. The van der Waals surface area contributed by atoms with Crippen LogP contribution in [0.4, 0.5) is 0 Å². The fraction of sp³-hybridized carbons (Fsp3) is 0.333. The number of hydroxylamine groups is 1. The Hall–Kier alpha value is -2.02. The maximum absolute atomic E-state index is 12.2. The van der Waals surface area contributed by atoms with Crippen LogP contribution >= 0.6 is 0 Å². The number of aliphatic hydroxyl groups excluding tert-OH is 1. The number of rotatable bonds is 7. The first-order valence-corrected chi connectivity index (χ1v) is 9.80. The molecule has 0 aliphatic heterocycles. The van der Waals surface area contributed by atoms with E-state index in [9.17, 15) is 31.5 Å². The van der Waals surface area contributed by atoms with E-state index < -0.39 is 54.2 Å². The molecular weight excluding hydrogens is 364 g/mol.